The van der Waals surface area contributed by atoms with Crippen LogP contribution >= 0.6 is 0 Å². The van der Waals surface area contributed by atoms with Crippen molar-refractivity contribution in [1.82, 2.24) is 0 Å². The van der Waals surface area contributed by atoms with E-state index in [9.17, 15) is 0 Å². The maximum atomic E-state index is 6.68. The lowest BCUT2D eigenvalue weighted by molar-refractivity contribution is 0.673. The molecule has 0 saturated carbocycles. The van der Waals surface area contributed by atoms with Gasteiger partial charge in [-0.15, -0.1) is 0 Å². The van der Waals surface area contributed by atoms with Gasteiger partial charge in [-0.3, -0.25) is 0 Å². The van der Waals surface area contributed by atoms with Gasteiger partial charge >= 0.3 is 0 Å². The lowest BCUT2D eigenvalue weighted by Crippen LogP contribution is -1.91. The Labute approximate surface area is 338 Å². The Morgan fingerprint density at radius 3 is 1.49 bits per heavy atom. The van der Waals surface area contributed by atoms with Gasteiger partial charge in [0.15, 0.2) is 0 Å². The van der Waals surface area contributed by atoms with E-state index in [1.165, 1.54) is 119 Å². The fourth-order valence-electron chi connectivity index (χ4n) is 10.8. The molecule has 14 rings (SSSR count). The molecule has 0 atom stereocenters. The van der Waals surface area contributed by atoms with Crippen LogP contribution in [0, 0.1) is 0 Å². The summed E-state index contributed by atoms with van der Waals surface area (Å²) in [5.74, 6) is 0. The van der Waals surface area contributed by atoms with E-state index in [-0.39, 0.29) is 0 Å². The maximum Gasteiger partial charge on any atom is 0.143 e. The van der Waals surface area contributed by atoms with Gasteiger partial charge in [-0.2, -0.15) is 0 Å². The van der Waals surface area contributed by atoms with E-state index < -0.39 is 0 Å². The Balaban J connectivity index is 1.07. The van der Waals surface area contributed by atoms with Gasteiger partial charge < -0.3 is 4.42 Å². The average Bonchev–Trinajstić information content (AvgIpc) is 3.69. The zero-order valence-corrected chi connectivity index (χ0v) is 31.9. The van der Waals surface area contributed by atoms with Crippen LogP contribution in [0.3, 0.4) is 0 Å². The number of hydrogen-bond donors (Lipinski definition) is 0. The molecule has 0 aliphatic carbocycles. The molecule has 0 unspecified atom stereocenters. The van der Waals surface area contributed by atoms with E-state index in [1.807, 2.05) is 0 Å². The van der Waals surface area contributed by atoms with Gasteiger partial charge in [-0.1, -0.05) is 158 Å². The summed E-state index contributed by atoms with van der Waals surface area (Å²) in [4.78, 5) is 0. The van der Waals surface area contributed by atoms with E-state index in [0.717, 1.165) is 21.9 Å². The molecular weight excluding hydrogens is 713 g/mol. The van der Waals surface area contributed by atoms with Crippen molar-refractivity contribution < 1.29 is 4.42 Å². The van der Waals surface area contributed by atoms with Crippen LogP contribution in [0.25, 0.3) is 141 Å². The molecule has 0 N–H and O–H groups in total. The summed E-state index contributed by atoms with van der Waals surface area (Å²) in [6.45, 7) is 0. The van der Waals surface area contributed by atoms with Gasteiger partial charge in [-0.25, -0.2) is 0 Å². The first-order valence-electron chi connectivity index (χ1n) is 20.5. The van der Waals surface area contributed by atoms with Crippen LogP contribution in [0.5, 0.6) is 0 Å². The Hall–Kier alpha value is -7.74. The molecule has 13 aromatic carbocycles. The van der Waals surface area contributed by atoms with E-state index in [0.29, 0.717) is 0 Å². The second-order valence-corrected chi connectivity index (χ2v) is 16.3. The van der Waals surface area contributed by atoms with E-state index in [4.69, 9.17) is 4.42 Å². The minimum atomic E-state index is 0.921. The van der Waals surface area contributed by atoms with Crippen molar-refractivity contribution in [3.63, 3.8) is 0 Å². The van der Waals surface area contributed by atoms with Crippen molar-refractivity contribution in [2.45, 2.75) is 0 Å². The second-order valence-electron chi connectivity index (χ2n) is 16.3. The number of fused-ring (bicyclic) bond motifs is 15. The first kappa shape index (κ1) is 31.4. The smallest absolute Gasteiger partial charge is 0.143 e. The Morgan fingerprint density at radius 2 is 0.729 bits per heavy atom. The molecule has 59 heavy (non-hydrogen) atoms. The molecule has 0 amide bonds. The van der Waals surface area contributed by atoms with Crippen LogP contribution < -0.4 is 0 Å². The highest BCUT2D eigenvalue weighted by Crippen LogP contribution is 2.48. The molecule has 0 fully saturated rings. The first-order valence-corrected chi connectivity index (χ1v) is 20.5. The highest BCUT2D eigenvalue weighted by molar-refractivity contribution is 6.33. The molecule has 0 aliphatic rings. The zero-order chi connectivity index (χ0) is 38.3. The quantitative estimate of drug-likeness (QED) is 0.161. The van der Waals surface area contributed by atoms with Crippen LogP contribution in [0.15, 0.2) is 199 Å². The van der Waals surface area contributed by atoms with E-state index in [2.05, 4.69) is 194 Å². The summed E-state index contributed by atoms with van der Waals surface area (Å²) in [5.41, 5.74) is 6.86. The van der Waals surface area contributed by atoms with Crippen LogP contribution in [-0.2, 0) is 0 Å². The molecule has 1 heterocycles. The third kappa shape index (κ3) is 4.18. The van der Waals surface area contributed by atoms with Crippen molar-refractivity contribution in [2.24, 2.45) is 0 Å². The molecule has 14 aromatic rings. The molecule has 0 radical (unpaired) electrons. The number of para-hydroxylation sites is 1. The minimum Gasteiger partial charge on any atom is -0.455 e. The predicted octanol–water partition coefficient (Wildman–Crippen LogP) is 16.7. The predicted molar refractivity (Wildman–Crippen MR) is 253 cm³/mol. The fourth-order valence-corrected chi connectivity index (χ4v) is 10.8. The lowest BCUT2D eigenvalue weighted by Gasteiger charge is -2.19. The van der Waals surface area contributed by atoms with Crippen molar-refractivity contribution in [1.29, 1.82) is 0 Å². The third-order valence-corrected chi connectivity index (χ3v) is 13.3. The summed E-state index contributed by atoms with van der Waals surface area (Å²) in [5, 5.41) is 25.1. The van der Waals surface area contributed by atoms with Crippen LogP contribution in [0.4, 0.5) is 0 Å². The van der Waals surface area contributed by atoms with Crippen molar-refractivity contribution in [3.8, 4) is 22.3 Å². The van der Waals surface area contributed by atoms with Crippen molar-refractivity contribution >= 4 is 119 Å². The van der Waals surface area contributed by atoms with Gasteiger partial charge in [0.2, 0.25) is 0 Å². The van der Waals surface area contributed by atoms with Gasteiger partial charge in [0, 0.05) is 16.2 Å². The molecule has 1 nitrogen and oxygen atoms in total. The number of hydrogen-bond acceptors (Lipinski definition) is 1. The molecule has 270 valence electrons. The summed E-state index contributed by atoms with van der Waals surface area (Å²) in [6.07, 6.45) is 0. The summed E-state index contributed by atoms with van der Waals surface area (Å²) >= 11 is 0. The lowest BCUT2D eigenvalue weighted by atomic mass is 9.84. The number of furan rings is 1. The maximum absolute atomic E-state index is 6.68. The summed E-state index contributed by atoms with van der Waals surface area (Å²) in [6, 6.07) is 72.2. The monoisotopic (exact) mass is 744 g/mol. The number of rotatable bonds is 2. The number of benzene rings is 13. The summed E-state index contributed by atoms with van der Waals surface area (Å²) < 4.78 is 6.68. The molecular formula is C58H32O. The molecule has 0 bridgehead atoms. The summed E-state index contributed by atoms with van der Waals surface area (Å²) in [7, 11) is 0. The van der Waals surface area contributed by atoms with E-state index >= 15 is 0 Å². The Bertz CT molecular complexity index is 4130. The Morgan fingerprint density at radius 1 is 0.237 bits per heavy atom. The van der Waals surface area contributed by atoms with Crippen LogP contribution in [0.1, 0.15) is 0 Å². The van der Waals surface area contributed by atoms with Crippen LogP contribution in [-0.4, -0.2) is 0 Å². The third-order valence-electron chi connectivity index (χ3n) is 13.3. The average molecular weight is 745 g/mol. The highest BCUT2D eigenvalue weighted by atomic mass is 16.3. The van der Waals surface area contributed by atoms with Crippen molar-refractivity contribution in [3.05, 3.63) is 194 Å². The largest absolute Gasteiger partial charge is 0.455 e. The van der Waals surface area contributed by atoms with Gasteiger partial charge in [0.25, 0.3) is 0 Å². The fraction of sp³-hybridized carbons (Fsp3) is 0. The zero-order valence-electron chi connectivity index (χ0n) is 31.9. The van der Waals surface area contributed by atoms with E-state index in [1.54, 1.807) is 0 Å². The van der Waals surface area contributed by atoms with Gasteiger partial charge in [0.05, 0.1) is 0 Å². The molecule has 1 heteroatoms. The van der Waals surface area contributed by atoms with Crippen molar-refractivity contribution in [2.75, 3.05) is 0 Å². The molecule has 1 aromatic heterocycles. The SMILES string of the molecule is c1cc2ccc3cccc4c(-c5cc6c7ccccc7c(-c7ccc8c(c7)c7ccccc7c7ccc9c%10ccccc%10oc9c78)cc6c6ccccc56)cc(c1)c2c34. The first-order chi connectivity index (χ1) is 29.3. The molecule has 0 aliphatic heterocycles. The highest BCUT2D eigenvalue weighted by Gasteiger charge is 2.20. The molecule has 0 spiro atoms. The molecule has 0 saturated heterocycles. The van der Waals surface area contributed by atoms with Gasteiger partial charge in [-0.05, 0) is 150 Å². The normalized spacial score (nSPS) is 12.4. The van der Waals surface area contributed by atoms with Gasteiger partial charge in [0.1, 0.15) is 11.2 Å². The topological polar surface area (TPSA) is 13.1 Å². The standard InChI is InChI=1S/C58H32O/c1-3-16-39-37(14-1)45-27-28-47-43-20-7-8-22-54(43)59-58(47)57(45)46-26-25-35(29-49(39)46)48-31-51-41-18-5-6-19-42(41)52(32-53(51)40-17-4-2-15-38(40)48)50-30-36-13-9-11-33-23-24-34-12-10-21-44(50)56(34)55(33)36/h1-32H. The minimum absolute atomic E-state index is 0.921. The Kier molecular flexibility index (Phi) is 6.08. The second kappa shape index (κ2) is 11.4. The van der Waals surface area contributed by atoms with Crippen LogP contribution in [0.2, 0.25) is 0 Å².